The SMILES string of the molecule is Cc1ccc(C(=O)N[C@@H]2CCCN(C(=O)Nc3ccc4c(c3)c(=O)n(CC3CC3)c(=O)n4C(C)C)C2)o1. The highest BCUT2D eigenvalue weighted by Gasteiger charge is 2.27. The molecule has 10 heteroatoms. The van der Waals surface area contributed by atoms with Gasteiger partial charge in [0.25, 0.3) is 11.5 Å². The average molecular weight is 508 g/mol. The third kappa shape index (κ3) is 5.19. The predicted molar refractivity (Wildman–Crippen MR) is 140 cm³/mol. The van der Waals surface area contributed by atoms with Gasteiger partial charge in [0.05, 0.1) is 10.9 Å². The molecule has 3 heterocycles. The van der Waals surface area contributed by atoms with Gasteiger partial charge in [0.1, 0.15) is 5.76 Å². The highest BCUT2D eigenvalue weighted by Crippen LogP contribution is 2.30. The summed E-state index contributed by atoms with van der Waals surface area (Å²) >= 11 is 0. The number of urea groups is 1. The highest BCUT2D eigenvalue weighted by atomic mass is 16.3. The minimum Gasteiger partial charge on any atom is -0.456 e. The summed E-state index contributed by atoms with van der Waals surface area (Å²) < 4.78 is 8.37. The van der Waals surface area contributed by atoms with Crippen LogP contribution in [-0.4, -0.2) is 45.1 Å². The second-order valence-electron chi connectivity index (χ2n) is 10.4. The Morgan fingerprint density at radius 3 is 2.57 bits per heavy atom. The van der Waals surface area contributed by atoms with Crippen molar-refractivity contribution >= 4 is 28.5 Å². The first-order chi connectivity index (χ1) is 17.7. The molecule has 1 aliphatic carbocycles. The second kappa shape index (κ2) is 9.91. The number of amides is 3. The molecule has 0 radical (unpaired) electrons. The maximum atomic E-state index is 13.3. The molecule has 5 rings (SSSR count). The molecule has 3 aromatic rings. The van der Waals surface area contributed by atoms with Gasteiger partial charge in [-0.1, -0.05) is 0 Å². The molecule has 1 aliphatic heterocycles. The zero-order valence-electron chi connectivity index (χ0n) is 21.5. The van der Waals surface area contributed by atoms with Crippen LogP contribution in [0.2, 0.25) is 0 Å². The third-order valence-electron chi connectivity index (χ3n) is 7.08. The van der Waals surface area contributed by atoms with Gasteiger partial charge in [-0.3, -0.25) is 18.7 Å². The Labute approximate surface area is 214 Å². The Bertz CT molecular complexity index is 1460. The number of aryl methyl sites for hydroxylation is 1. The number of anilines is 1. The van der Waals surface area contributed by atoms with Gasteiger partial charge in [0, 0.05) is 37.4 Å². The van der Waals surface area contributed by atoms with E-state index in [1.165, 1.54) is 4.57 Å². The van der Waals surface area contributed by atoms with E-state index in [-0.39, 0.29) is 41.0 Å². The maximum absolute atomic E-state index is 13.3. The van der Waals surface area contributed by atoms with Gasteiger partial charge in [0.2, 0.25) is 0 Å². The van der Waals surface area contributed by atoms with Crippen LogP contribution in [0.4, 0.5) is 10.5 Å². The van der Waals surface area contributed by atoms with E-state index in [2.05, 4.69) is 10.6 Å². The second-order valence-corrected chi connectivity index (χ2v) is 10.4. The van der Waals surface area contributed by atoms with Crippen molar-refractivity contribution < 1.29 is 14.0 Å². The van der Waals surface area contributed by atoms with E-state index < -0.39 is 0 Å². The molecule has 2 aliphatic rings. The van der Waals surface area contributed by atoms with Crippen molar-refractivity contribution in [2.24, 2.45) is 5.92 Å². The molecular weight excluding hydrogens is 474 g/mol. The lowest BCUT2D eigenvalue weighted by Crippen LogP contribution is -2.50. The number of nitrogens with one attached hydrogen (secondary N) is 2. The predicted octanol–water partition coefficient (Wildman–Crippen LogP) is 3.48. The van der Waals surface area contributed by atoms with Crippen molar-refractivity contribution in [1.82, 2.24) is 19.4 Å². The van der Waals surface area contributed by atoms with Crippen LogP contribution in [0.25, 0.3) is 10.9 Å². The first kappa shape index (κ1) is 24.9. The van der Waals surface area contributed by atoms with Crippen molar-refractivity contribution in [2.75, 3.05) is 18.4 Å². The normalized spacial score (nSPS) is 17.8. The van der Waals surface area contributed by atoms with Crippen molar-refractivity contribution in [3.63, 3.8) is 0 Å². The van der Waals surface area contributed by atoms with E-state index in [1.807, 2.05) is 13.8 Å². The van der Waals surface area contributed by atoms with Crippen LogP contribution in [-0.2, 0) is 6.54 Å². The van der Waals surface area contributed by atoms with Gasteiger partial charge in [-0.25, -0.2) is 9.59 Å². The summed E-state index contributed by atoms with van der Waals surface area (Å²) in [7, 11) is 0. The van der Waals surface area contributed by atoms with E-state index in [4.69, 9.17) is 4.42 Å². The molecule has 1 aromatic carbocycles. The van der Waals surface area contributed by atoms with Gasteiger partial charge in [-0.05, 0) is 82.7 Å². The molecule has 37 heavy (non-hydrogen) atoms. The van der Waals surface area contributed by atoms with E-state index in [9.17, 15) is 19.2 Å². The fraction of sp³-hybridized carbons (Fsp3) is 0.481. The number of benzene rings is 1. The number of carbonyl (C=O) groups excluding carboxylic acids is 2. The lowest BCUT2D eigenvalue weighted by atomic mass is 10.1. The van der Waals surface area contributed by atoms with Crippen LogP contribution in [0.3, 0.4) is 0 Å². The molecule has 1 saturated carbocycles. The van der Waals surface area contributed by atoms with Crippen LogP contribution in [0, 0.1) is 12.8 Å². The average Bonchev–Trinajstić information content (AvgIpc) is 3.58. The third-order valence-corrected chi connectivity index (χ3v) is 7.08. The Balaban J connectivity index is 1.34. The molecule has 1 atom stereocenters. The summed E-state index contributed by atoms with van der Waals surface area (Å²) in [6, 6.07) is 7.85. The molecule has 0 unspecified atom stereocenters. The number of hydrogen-bond donors (Lipinski definition) is 2. The quantitative estimate of drug-likeness (QED) is 0.530. The number of furan rings is 1. The Hall–Kier alpha value is -3.82. The number of aromatic nitrogens is 2. The zero-order valence-corrected chi connectivity index (χ0v) is 21.5. The van der Waals surface area contributed by atoms with Crippen LogP contribution in [0.5, 0.6) is 0 Å². The van der Waals surface area contributed by atoms with Crippen LogP contribution >= 0.6 is 0 Å². The minimum absolute atomic E-state index is 0.118. The summed E-state index contributed by atoms with van der Waals surface area (Å²) in [4.78, 5) is 53.6. The highest BCUT2D eigenvalue weighted by molar-refractivity contribution is 5.93. The van der Waals surface area contributed by atoms with Crippen molar-refractivity contribution in [3.05, 3.63) is 62.7 Å². The summed E-state index contributed by atoms with van der Waals surface area (Å²) in [6.45, 7) is 6.97. The topological polar surface area (TPSA) is 119 Å². The molecule has 2 N–H and O–H groups in total. The fourth-order valence-electron chi connectivity index (χ4n) is 4.97. The standard InChI is InChI=1S/C27H33N5O5/c1-16(2)32-22-10-9-19(13-21(22)25(34)31(27(32)36)14-18-7-8-18)29-26(35)30-12-4-5-20(15-30)28-24(33)23-11-6-17(3)37-23/h6,9-11,13,16,18,20H,4-5,7-8,12,14-15H2,1-3H3,(H,28,33)(H,29,35)/t20-/m1/s1. The Morgan fingerprint density at radius 1 is 1.11 bits per heavy atom. The molecule has 2 aromatic heterocycles. The number of hydrogen-bond acceptors (Lipinski definition) is 5. The van der Waals surface area contributed by atoms with E-state index in [0.717, 1.165) is 25.7 Å². The largest absolute Gasteiger partial charge is 0.456 e. The van der Waals surface area contributed by atoms with Crippen molar-refractivity contribution in [3.8, 4) is 0 Å². The Morgan fingerprint density at radius 2 is 1.89 bits per heavy atom. The van der Waals surface area contributed by atoms with E-state index >= 15 is 0 Å². The van der Waals surface area contributed by atoms with Gasteiger partial charge in [0.15, 0.2) is 5.76 Å². The number of carbonyl (C=O) groups is 2. The van der Waals surface area contributed by atoms with Crippen LogP contribution in [0.1, 0.15) is 61.9 Å². The summed E-state index contributed by atoms with van der Waals surface area (Å²) in [5.41, 5.74) is 0.429. The van der Waals surface area contributed by atoms with Gasteiger partial charge in [-0.2, -0.15) is 0 Å². The van der Waals surface area contributed by atoms with Crippen LogP contribution in [0.15, 0.2) is 44.3 Å². The number of rotatable bonds is 6. The van der Waals surface area contributed by atoms with Gasteiger partial charge < -0.3 is 20.0 Å². The van der Waals surface area contributed by atoms with Gasteiger partial charge >= 0.3 is 11.7 Å². The molecule has 3 amide bonds. The van der Waals surface area contributed by atoms with E-state index in [0.29, 0.717) is 47.9 Å². The maximum Gasteiger partial charge on any atom is 0.331 e. The fourth-order valence-corrected chi connectivity index (χ4v) is 4.97. The smallest absolute Gasteiger partial charge is 0.331 e. The number of nitrogens with zero attached hydrogens (tertiary/aromatic N) is 3. The van der Waals surface area contributed by atoms with Crippen molar-refractivity contribution in [1.29, 1.82) is 0 Å². The molecule has 10 nitrogen and oxygen atoms in total. The molecule has 2 fully saturated rings. The first-order valence-corrected chi connectivity index (χ1v) is 12.9. The van der Waals surface area contributed by atoms with Crippen molar-refractivity contribution in [2.45, 2.75) is 65.1 Å². The molecule has 1 saturated heterocycles. The monoisotopic (exact) mass is 507 g/mol. The first-order valence-electron chi connectivity index (χ1n) is 12.9. The molecule has 0 bridgehead atoms. The Kier molecular flexibility index (Phi) is 6.66. The number of likely N-dealkylation sites (tertiary alicyclic amines) is 1. The molecule has 196 valence electrons. The minimum atomic E-state index is -0.325. The summed E-state index contributed by atoms with van der Waals surface area (Å²) in [5, 5.41) is 6.25. The lowest BCUT2D eigenvalue weighted by molar-refractivity contribution is 0.0883. The van der Waals surface area contributed by atoms with Gasteiger partial charge in [-0.15, -0.1) is 0 Å². The molecule has 0 spiro atoms. The van der Waals surface area contributed by atoms with Crippen LogP contribution < -0.4 is 21.9 Å². The van der Waals surface area contributed by atoms with E-state index in [1.54, 1.807) is 46.7 Å². The summed E-state index contributed by atoms with van der Waals surface area (Å²) in [6.07, 6.45) is 3.57. The number of piperidine rings is 1. The number of fused-ring (bicyclic) bond motifs is 1. The zero-order chi connectivity index (χ0) is 26.3. The summed E-state index contributed by atoms with van der Waals surface area (Å²) in [5.74, 6) is 0.988. The lowest BCUT2D eigenvalue weighted by Gasteiger charge is -2.33. The molecular formula is C27H33N5O5.